The summed E-state index contributed by atoms with van der Waals surface area (Å²) in [5.74, 6) is 0.148. The minimum atomic E-state index is -2.91. The molecule has 2 aromatic rings. The predicted molar refractivity (Wildman–Crippen MR) is 97.2 cm³/mol. The highest BCUT2D eigenvalue weighted by Gasteiger charge is 2.33. The third-order valence-electron chi connectivity index (χ3n) is 4.17. The SMILES string of the molecule is O=C(/C=C/c1ccccc1OC(F)F)NC(c1ccc(Cl)cc1)C1CC1. The highest BCUT2D eigenvalue weighted by Crippen LogP contribution is 2.41. The summed E-state index contributed by atoms with van der Waals surface area (Å²) in [4.78, 5) is 12.3. The molecule has 26 heavy (non-hydrogen) atoms. The van der Waals surface area contributed by atoms with Crippen molar-refractivity contribution < 1.29 is 18.3 Å². The summed E-state index contributed by atoms with van der Waals surface area (Å²) in [5, 5.41) is 3.63. The van der Waals surface area contributed by atoms with Crippen LogP contribution in [0.5, 0.6) is 5.75 Å². The molecule has 1 amide bonds. The van der Waals surface area contributed by atoms with E-state index in [1.54, 1.807) is 30.3 Å². The van der Waals surface area contributed by atoms with Gasteiger partial charge in [0.2, 0.25) is 5.91 Å². The van der Waals surface area contributed by atoms with Gasteiger partial charge in [-0.1, -0.05) is 41.9 Å². The quantitative estimate of drug-likeness (QED) is 0.671. The first-order chi connectivity index (χ1) is 12.5. The van der Waals surface area contributed by atoms with E-state index >= 15 is 0 Å². The van der Waals surface area contributed by atoms with Crippen molar-refractivity contribution in [2.75, 3.05) is 0 Å². The number of carbonyl (C=O) groups is 1. The Morgan fingerprint density at radius 2 is 1.85 bits per heavy atom. The van der Waals surface area contributed by atoms with E-state index in [0.29, 0.717) is 16.5 Å². The summed E-state index contributed by atoms with van der Waals surface area (Å²) < 4.78 is 29.4. The van der Waals surface area contributed by atoms with Crippen LogP contribution in [0.1, 0.15) is 30.0 Å². The number of amides is 1. The largest absolute Gasteiger partial charge is 0.434 e. The molecule has 1 atom stereocenters. The van der Waals surface area contributed by atoms with Crippen LogP contribution in [0.3, 0.4) is 0 Å². The van der Waals surface area contributed by atoms with E-state index in [4.69, 9.17) is 11.6 Å². The maximum Gasteiger partial charge on any atom is 0.387 e. The molecule has 1 aliphatic rings. The first-order valence-corrected chi connectivity index (χ1v) is 8.68. The van der Waals surface area contributed by atoms with Crippen molar-refractivity contribution in [3.63, 3.8) is 0 Å². The maximum absolute atomic E-state index is 12.4. The van der Waals surface area contributed by atoms with Crippen LogP contribution < -0.4 is 10.1 Å². The molecular formula is C20H18ClF2NO2. The van der Waals surface area contributed by atoms with Crippen molar-refractivity contribution in [1.82, 2.24) is 5.32 Å². The van der Waals surface area contributed by atoms with Crippen LogP contribution in [-0.4, -0.2) is 12.5 Å². The zero-order chi connectivity index (χ0) is 18.5. The molecule has 3 rings (SSSR count). The molecule has 1 N–H and O–H groups in total. The Bertz CT molecular complexity index is 789. The number of alkyl halides is 2. The average Bonchev–Trinajstić information content (AvgIpc) is 3.44. The van der Waals surface area contributed by atoms with E-state index in [9.17, 15) is 13.6 Å². The van der Waals surface area contributed by atoms with Gasteiger partial charge < -0.3 is 10.1 Å². The van der Waals surface area contributed by atoms with E-state index < -0.39 is 6.61 Å². The minimum Gasteiger partial charge on any atom is -0.434 e. The fraction of sp³-hybridized carbons (Fsp3) is 0.250. The van der Waals surface area contributed by atoms with Gasteiger partial charge in [0.05, 0.1) is 6.04 Å². The van der Waals surface area contributed by atoms with E-state index in [1.807, 2.05) is 12.1 Å². The lowest BCUT2D eigenvalue weighted by atomic mass is 10.0. The van der Waals surface area contributed by atoms with E-state index in [1.165, 1.54) is 18.2 Å². The third kappa shape index (κ3) is 5.05. The molecule has 2 aromatic carbocycles. The molecule has 1 aliphatic carbocycles. The second kappa shape index (κ2) is 8.32. The summed E-state index contributed by atoms with van der Waals surface area (Å²) >= 11 is 5.92. The Morgan fingerprint density at radius 1 is 1.15 bits per heavy atom. The van der Waals surface area contributed by atoms with Crippen LogP contribution >= 0.6 is 11.6 Å². The molecule has 0 spiro atoms. The lowest BCUT2D eigenvalue weighted by Gasteiger charge is -2.18. The van der Waals surface area contributed by atoms with Gasteiger partial charge in [-0.05, 0) is 48.6 Å². The topological polar surface area (TPSA) is 38.3 Å². The number of benzene rings is 2. The van der Waals surface area contributed by atoms with Gasteiger partial charge in [-0.2, -0.15) is 8.78 Å². The zero-order valence-electron chi connectivity index (χ0n) is 13.9. The number of hydrogen-bond donors (Lipinski definition) is 1. The Balaban J connectivity index is 1.69. The number of rotatable bonds is 7. The van der Waals surface area contributed by atoms with Crippen LogP contribution in [-0.2, 0) is 4.79 Å². The van der Waals surface area contributed by atoms with Crippen LogP contribution in [0, 0.1) is 5.92 Å². The van der Waals surface area contributed by atoms with Crippen LogP contribution in [0.25, 0.3) is 6.08 Å². The number of halogens is 3. The van der Waals surface area contributed by atoms with Gasteiger partial charge in [0.1, 0.15) is 5.75 Å². The average molecular weight is 378 g/mol. The van der Waals surface area contributed by atoms with Crippen molar-refractivity contribution in [3.8, 4) is 5.75 Å². The second-order valence-electron chi connectivity index (χ2n) is 6.12. The highest BCUT2D eigenvalue weighted by atomic mass is 35.5. The monoisotopic (exact) mass is 377 g/mol. The lowest BCUT2D eigenvalue weighted by Crippen LogP contribution is -2.28. The Kier molecular flexibility index (Phi) is 5.89. The number of carbonyl (C=O) groups excluding carboxylic acids is 1. The maximum atomic E-state index is 12.4. The van der Waals surface area contributed by atoms with Gasteiger partial charge in [0, 0.05) is 16.7 Å². The molecule has 0 saturated heterocycles. The predicted octanol–water partition coefficient (Wildman–Crippen LogP) is 5.22. The third-order valence-corrected chi connectivity index (χ3v) is 4.42. The van der Waals surface area contributed by atoms with Gasteiger partial charge in [0.25, 0.3) is 0 Å². The first kappa shape index (κ1) is 18.4. The molecule has 1 unspecified atom stereocenters. The Labute approximate surface area is 155 Å². The highest BCUT2D eigenvalue weighted by molar-refractivity contribution is 6.30. The van der Waals surface area contributed by atoms with Gasteiger partial charge >= 0.3 is 6.61 Å². The molecule has 1 fully saturated rings. The van der Waals surface area contributed by atoms with Crippen molar-refractivity contribution in [3.05, 3.63) is 70.8 Å². The van der Waals surface area contributed by atoms with Crippen molar-refractivity contribution in [2.24, 2.45) is 5.92 Å². The van der Waals surface area contributed by atoms with Crippen LogP contribution in [0.2, 0.25) is 5.02 Å². The fourth-order valence-corrected chi connectivity index (χ4v) is 2.89. The standard InChI is InChI=1S/C20H18ClF2NO2/c21-16-10-7-15(8-11-16)19(14-5-6-14)24-18(25)12-9-13-3-1-2-4-17(13)26-20(22)23/h1-4,7-12,14,19-20H,5-6H2,(H,24,25)/b12-9+. The molecule has 1 saturated carbocycles. The molecule has 0 aliphatic heterocycles. The summed E-state index contributed by atoms with van der Waals surface area (Å²) in [5.41, 5.74) is 1.41. The summed E-state index contributed by atoms with van der Waals surface area (Å²) in [6.45, 7) is -2.91. The number of hydrogen-bond acceptors (Lipinski definition) is 2. The van der Waals surface area contributed by atoms with Gasteiger partial charge in [-0.15, -0.1) is 0 Å². The van der Waals surface area contributed by atoms with E-state index in [0.717, 1.165) is 18.4 Å². The fourth-order valence-electron chi connectivity index (χ4n) is 2.76. The van der Waals surface area contributed by atoms with Crippen LogP contribution in [0.4, 0.5) is 8.78 Å². The molecule has 0 heterocycles. The smallest absolute Gasteiger partial charge is 0.387 e. The van der Waals surface area contributed by atoms with Gasteiger partial charge in [-0.3, -0.25) is 4.79 Å². The molecule has 0 bridgehead atoms. The number of ether oxygens (including phenoxy) is 1. The van der Waals surface area contributed by atoms with Crippen LogP contribution in [0.15, 0.2) is 54.6 Å². The molecule has 136 valence electrons. The molecule has 0 radical (unpaired) electrons. The van der Waals surface area contributed by atoms with Gasteiger partial charge in [0.15, 0.2) is 0 Å². The number of nitrogens with one attached hydrogen (secondary N) is 1. The van der Waals surface area contributed by atoms with Crippen molar-refractivity contribution in [1.29, 1.82) is 0 Å². The normalized spacial score (nSPS) is 15.2. The Hall–Kier alpha value is -2.40. The van der Waals surface area contributed by atoms with Crippen molar-refractivity contribution >= 4 is 23.6 Å². The molecule has 0 aromatic heterocycles. The second-order valence-corrected chi connectivity index (χ2v) is 6.56. The lowest BCUT2D eigenvalue weighted by molar-refractivity contribution is -0.117. The van der Waals surface area contributed by atoms with Crippen molar-refractivity contribution in [2.45, 2.75) is 25.5 Å². The minimum absolute atomic E-state index is 0.0306. The summed E-state index contributed by atoms with van der Waals surface area (Å²) in [7, 11) is 0. The van der Waals surface area contributed by atoms with Gasteiger partial charge in [-0.25, -0.2) is 0 Å². The van der Waals surface area contributed by atoms with E-state index in [2.05, 4.69) is 10.1 Å². The van der Waals surface area contributed by atoms with E-state index in [-0.39, 0.29) is 17.7 Å². The Morgan fingerprint density at radius 3 is 2.50 bits per heavy atom. The molecule has 6 heteroatoms. The molecule has 3 nitrogen and oxygen atoms in total. The first-order valence-electron chi connectivity index (χ1n) is 8.31. The zero-order valence-corrected chi connectivity index (χ0v) is 14.6. The molecular weight excluding hydrogens is 360 g/mol. The number of para-hydroxylation sites is 1. The summed E-state index contributed by atoms with van der Waals surface area (Å²) in [6.07, 6.45) is 4.92. The summed E-state index contributed by atoms with van der Waals surface area (Å²) in [6, 6.07) is 13.6.